The fraction of sp³-hybridized carbons (Fsp3) is 1.00. The molecule has 0 aromatic rings. The van der Waals surface area contributed by atoms with E-state index < -0.39 is 8.32 Å². The highest BCUT2D eigenvalue weighted by Gasteiger charge is 2.37. The molecule has 0 radical (unpaired) electrons. The molecule has 0 aliphatic carbocycles. The zero-order valence-corrected chi connectivity index (χ0v) is 11.6. The molecule has 0 amide bonds. The first-order valence-corrected chi connectivity index (χ1v) is 8.40. The first-order chi connectivity index (χ1) is 6.24. The summed E-state index contributed by atoms with van der Waals surface area (Å²) in [6.07, 6.45) is 0.991. The van der Waals surface area contributed by atoms with Gasteiger partial charge in [-0.2, -0.15) is 0 Å². The summed E-state index contributed by atoms with van der Waals surface area (Å²) in [6.45, 7) is 14.2. The molecule has 3 heteroatoms. The van der Waals surface area contributed by atoms with E-state index in [2.05, 4.69) is 40.8 Å². The summed E-state index contributed by atoms with van der Waals surface area (Å²) in [5, 5.41) is 9.33. The fourth-order valence-electron chi connectivity index (χ4n) is 0.842. The molecular weight excluding hydrogens is 192 g/mol. The summed E-state index contributed by atoms with van der Waals surface area (Å²) in [5.41, 5.74) is 0. The fourth-order valence-corrected chi connectivity index (χ4v) is 1.93. The van der Waals surface area contributed by atoms with Gasteiger partial charge >= 0.3 is 0 Å². The lowest BCUT2D eigenvalue weighted by molar-refractivity contribution is 0.151. The van der Waals surface area contributed by atoms with Crippen LogP contribution in [0.5, 0.6) is 0 Å². The molecule has 86 valence electrons. The topological polar surface area (TPSA) is 29.5 Å². The summed E-state index contributed by atoms with van der Waals surface area (Å²) in [6, 6.07) is 0. The Balaban J connectivity index is 4.11. The van der Waals surface area contributed by atoms with E-state index in [1.165, 1.54) is 0 Å². The van der Waals surface area contributed by atoms with Crippen molar-refractivity contribution in [1.82, 2.24) is 0 Å². The SMILES string of the molecule is CC[C@@H](CO)CO[Si](C)(C)C(C)(C)C. The molecule has 0 fully saturated rings. The third-order valence-corrected chi connectivity index (χ3v) is 7.82. The number of aliphatic hydroxyl groups is 1. The third kappa shape index (κ3) is 4.11. The third-order valence-electron chi connectivity index (χ3n) is 3.32. The van der Waals surface area contributed by atoms with E-state index in [4.69, 9.17) is 9.53 Å². The minimum atomic E-state index is -1.61. The summed E-state index contributed by atoms with van der Waals surface area (Å²) >= 11 is 0. The highest BCUT2D eigenvalue weighted by Crippen LogP contribution is 2.36. The Hall–Kier alpha value is 0.137. The predicted octanol–water partition coefficient (Wildman–Crippen LogP) is 3.03. The van der Waals surface area contributed by atoms with E-state index in [9.17, 15) is 0 Å². The second-order valence-corrected chi connectivity index (χ2v) is 10.3. The van der Waals surface area contributed by atoms with Crippen LogP contribution in [0, 0.1) is 5.92 Å². The van der Waals surface area contributed by atoms with Crippen LogP contribution in [0.1, 0.15) is 34.1 Å². The van der Waals surface area contributed by atoms with Crippen LogP contribution in [0.15, 0.2) is 0 Å². The summed E-state index contributed by atoms with van der Waals surface area (Å²) in [7, 11) is -1.61. The maximum absolute atomic E-state index is 9.06. The number of rotatable bonds is 5. The molecule has 0 saturated carbocycles. The molecule has 0 unspecified atom stereocenters. The maximum Gasteiger partial charge on any atom is 0.191 e. The van der Waals surface area contributed by atoms with Crippen molar-refractivity contribution in [3.63, 3.8) is 0 Å². The minimum Gasteiger partial charge on any atom is -0.416 e. The molecule has 0 rings (SSSR count). The van der Waals surface area contributed by atoms with Gasteiger partial charge in [0.1, 0.15) is 0 Å². The smallest absolute Gasteiger partial charge is 0.191 e. The van der Waals surface area contributed by atoms with Gasteiger partial charge in [-0.05, 0) is 24.6 Å². The van der Waals surface area contributed by atoms with Crippen LogP contribution >= 0.6 is 0 Å². The number of hydrogen-bond donors (Lipinski definition) is 1. The van der Waals surface area contributed by atoms with Crippen LogP contribution in [0.3, 0.4) is 0 Å². The molecule has 14 heavy (non-hydrogen) atoms. The van der Waals surface area contributed by atoms with Gasteiger partial charge in [0.15, 0.2) is 8.32 Å². The lowest BCUT2D eigenvalue weighted by atomic mass is 10.1. The van der Waals surface area contributed by atoms with E-state index >= 15 is 0 Å². The van der Waals surface area contributed by atoms with Crippen molar-refractivity contribution in [2.75, 3.05) is 13.2 Å². The van der Waals surface area contributed by atoms with Gasteiger partial charge in [0.05, 0.1) is 0 Å². The molecule has 0 saturated heterocycles. The van der Waals surface area contributed by atoms with E-state index in [1.807, 2.05) is 0 Å². The maximum atomic E-state index is 9.06. The molecule has 1 N–H and O–H groups in total. The molecule has 0 spiro atoms. The van der Waals surface area contributed by atoms with Crippen molar-refractivity contribution in [1.29, 1.82) is 0 Å². The summed E-state index contributed by atoms with van der Waals surface area (Å²) in [4.78, 5) is 0. The van der Waals surface area contributed by atoms with E-state index in [0.717, 1.165) is 6.42 Å². The van der Waals surface area contributed by atoms with Crippen LogP contribution in [0.25, 0.3) is 0 Å². The van der Waals surface area contributed by atoms with Crippen LogP contribution in [-0.2, 0) is 4.43 Å². The van der Waals surface area contributed by atoms with Crippen molar-refractivity contribution in [3.8, 4) is 0 Å². The Morgan fingerprint density at radius 3 is 2.07 bits per heavy atom. The largest absolute Gasteiger partial charge is 0.416 e. The van der Waals surface area contributed by atoms with Crippen LogP contribution < -0.4 is 0 Å². The highest BCUT2D eigenvalue weighted by atomic mass is 28.4. The second-order valence-electron chi connectivity index (χ2n) is 5.53. The molecule has 2 nitrogen and oxygen atoms in total. The number of hydrogen-bond acceptors (Lipinski definition) is 2. The number of aliphatic hydroxyl groups excluding tert-OH is 1. The van der Waals surface area contributed by atoms with E-state index in [1.54, 1.807) is 0 Å². The van der Waals surface area contributed by atoms with Crippen LogP contribution in [0.4, 0.5) is 0 Å². The lowest BCUT2D eigenvalue weighted by Gasteiger charge is -2.37. The highest BCUT2D eigenvalue weighted by molar-refractivity contribution is 6.74. The second kappa shape index (κ2) is 5.28. The Kier molecular flexibility index (Phi) is 5.34. The zero-order chi connectivity index (χ0) is 11.4. The molecule has 0 aromatic heterocycles. The van der Waals surface area contributed by atoms with Gasteiger partial charge in [0.25, 0.3) is 0 Å². The molecule has 0 heterocycles. The van der Waals surface area contributed by atoms with E-state index in [-0.39, 0.29) is 11.6 Å². The standard InChI is InChI=1S/C11H26O2Si/c1-7-10(8-12)9-13-14(5,6)11(2,3)4/h10,12H,7-9H2,1-6H3/t10-/m0/s1. The quantitative estimate of drug-likeness (QED) is 0.719. The van der Waals surface area contributed by atoms with Crippen molar-refractivity contribution in [2.45, 2.75) is 52.2 Å². The van der Waals surface area contributed by atoms with Gasteiger partial charge in [-0.3, -0.25) is 0 Å². The molecule has 0 aromatic carbocycles. The van der Waals surface area contributed by atoms with Crippen molar-refractivity contribution >= 4 is 8.32 Å². The predicted molar refractivity (Wildman–Crippen MR) is 64.0 cm³/mol. The molecule has 0 aliphatic rings. The van der Waals surface area contributed by atoms with Crippen molar-refractivity contribution < 1.29 is 9.53 Å². The Bertz CT molecular complexity index is 157. The van der Waals surface area contributed by atoms with Crippen molar-refractivity contribution in [2.24, 2.45) is 5.92 Å². The molecular formula is C11H26O2Si. The monoisotopic (exact) mass is 218 g/mol. The molecule has 0 bridgehead atoms. The van der Waals surface area contributed by atoms with Crippen molar-refractivity contribution in [3.05, 3.63) is 0 Å². The van der Waals surface area contributed by atoms with E-state index in [0.29, 0.717) is 12.5 Å². The van der Waals surface area contributed by atoms with Gasteiger partial charge in [0.2, 0.25) is 0 Å². The summed E-state index contributed by atoms with van der Waals surface area (Å²) in [5.74, 6) is 0.309. The zero-order valence-electron chi connectivity index (χ0n) is 10.6. The Morgan fingerprint density at radius 1 is 1.29 bits per heavy atom. The first kappa shape index (κ1) is 14.1. The van der Waals surface area contributed by atoms with Crippen LogP contribution in [-0.4, -0.2) is 26.6 Å². The van der Waals surface area contributed by atoms with Gasteiger partial charge in [0, 0.05) is 19.1 Å². The average molecular weight is 218 g/mol. The molecule has 1 atom stereocenters. The van der Waals surface area contributed by atoms with Gasteiger partial charge in [-0.1, -0.05) is 27.7 Å². The first-order valence-electron chi connectivity index (χ1n) is 5.49. The summed E-state index contributed by atoms with van der Waals surface area (Å²) < 4.78 is 6.02. The minimum absolute atomic E-state index is 0.241. The van der Waals surface area contributed by atoms with Gasteiger partial charge < -0.3 is 9.53 Å². The molecule has 0 aliphatic heterocycles. The van der Waals surface area contributed by atoms with Gasteiger partial charge in [-0.15, -0.1) is 0 Å². The van der Waals surface area contributed by atoms with Crippen LogP contribution in [0.2, 0.25) is 18.1 Å². The average Bonchev–Trinajstić information content (AvgIpc) is 2.04. The van der Waals surface area contributed by atoms with Gasteiger partial charge in [-0.25, -0.2) is 0 Å². The lowest BCUT2D eigenvalue weighted by Crippen LogP contribution is -2.42. The normalized spacial score (nSPS) is 15.6. The Labute approximate surface area is 89.8 Å². The Morgan fingerprint density at radius 2 is 1.79 bits per heavy atom.